The van der Waals surface area contributed by atoms with Crippen LogP contribution < -0.4 is 26.2 Å². The minimum Gasteiger partial charge on any atom is -0.311 e. The highest BCUT2D eigenvalue weighted by atomic mass is 15.2. The zero-order valence-electron chi connectivity index (χ0n) is 40.3. The summed E-state index contributed by atoms with van der Waals surface area (Å²) in [6, 6.07) is 36.3. The Morgan fingerprint density at radius 3 is 1.18 bits per heavy atom. The third-order valence-electron chi connectivity index (χ3n) is 12.7. The van der Waals surface area contributed by atoms with Gasteiger partial charge in [0, 0.05) is 39.6 Å². The van der Waals surface area contributed by atoms with E-state index in [4.69, 9.17) is 0 Å². The van der Waals surface area contributed by atoms with Crippen molar-refractivity contribution in [1.82, 2.24) is 0 Å². The van der Waals surface area contributed by atoms with E-state index in [2.05, 4.69) is 190 Å². The second-order valence-electron chi connectivity index (χ2n) is 21.0. The van der Waals surface area contributed by atoms with Crippen LogP contribution in [0.25, 0.3) is 0 Å². The summed E-state index contributed by atoms with van der Waals surface area (Å²) in [6.45, 7) is 28.9. The number of fused-ring (bicyclic) bond motifs is 4. The van der Waals surface area contributed by atoms with Gasteiger partial charge in [-0.15, -0.1) is 0 Å². The first-order valence-corrected chi connectivity index (χ1v) is 20.9. The number of hydrogen-bond acceptors (Lipinski definition) is 2. The van der Waals surface area contributed by atoms with Crippen LogP contribution in [0.1, 0.15) is 155 Å². The fourth-order valence-corrected chi connectivity index (χ4v) is 9.04. The van der Waals surface area contributed by atoms with Gasteiger partial charge in [0.05, 0.1) is 0 Å². The number of hydrogen-bond donors (Lipinski definition) is 0. The molecule has 5 aromatic carbocycles. The Labute approximate surface area is 345 Å². The quantitative estimate of drug-likeness (QED) is 0.166. The predicted molar refractivity (Wildman–Crippen MR) is 246 cm³/mol. The summed E-state index contributed by atoms with van der Waals surface area (Å²) in [6.07, 6.45) is -2.43. The van der Waals surface area contributed by atoms with Crippen molar-refractivity contribution in [3.8, 4) is 0 Å². The largest absolute Gasteiger partial charge is 0.311 e. The SMILES string of the molecule is [2H]C1([2H])CCCC([2H])([2H])C1(C)c1cc2c3c(c1)N(c1ccc(C(C)(C)C)cc1)c1ccc(C(C)(C)C)cc1B3c1cc(C(C)(C)C)ccc1N2c1ccc(C(C)(C)C)cc1. The first-order chi connectivity index (χ1) is 27.6. The van der Waals surface area contributed by atoms with Crippen LogP contribution in [0.15, 0.2) is 97.1 Å². The maximum Gasteiger partial charge on any atom is 0.252 e. The van der Waals surface area contributed by atoms with Crippen molar-refractivity contribution in [1.29, 1.82) is 0 Å². The molecule has 2 aliphatic heterocycles. The van der Waals surface area contributed by atoms with Crippen molar-refractivity contribution in [3.63, 3.8) is 0 Å². The monoisotopic (exact) mass is 745 g/mol. The molecule has 0 N–H and O–H groups in total. The van der Waals surface area contributed by atoms with Gasteiger partial charge >= 0.3 is 0 Å². The van der Waals surface area contributed by atoms with E-state index >= 15 is 0 Å². The lowest BCUT2D eigenvalue weighted by atomic mass is 9.33. The molecule has 0 aromatic heterocycles. The number of rotatable bonds is 3. The van der Waals surface area contributed by atoms with Gasteiger partial charge in [0.2, 0.25) is 0 Å². The maximum atomic E-state index is 9.59. The molecule has 1 aliphatic carbocycles. The molecule has 0 bridgehead atoms. The molecule has 290 valence electrons. The van der Waals surface area contributed by atoms with Gasteiger partial charge in [-0.2, -0.15) is 0 Å². The molecular weight excluding hydrogens is 675 g/mol. The standard InChI is InChI=1S/C53H65BN2/c1-49(2,3)35-17-23-40(24-18-35)55-44-27-21-37(51(7,8)9)31-42(44)54-43-32-38(52(10,11)12)22-28-45(43)56(41-25-19-36(20-26-41)50(4,5)6)47-34-39(33-46(55)48(47)54)53(13)29-15-14-16-30-53/h17-28,31-34H,14-16,29-30H2,1-13H3/i29D2,30D2. The number of anilines is 6. The Balaban J connectivity index is 1.54. The molecule has 1 saturated carbocycles. The summed E-state index contributed by atoms with van der Waals surface area (Å²) in [5, 5.41) is 0. The highest BCUT2D eigenvalue weighted by molar-refractivity contribution is 7.00. The minimum absolute atomic E-state index is 0.0195. The van der Waals surface area contributed by atoms with Gasteiger partial charge < -0.3 is 9.80 Å². The van der Waals surface area contributed by atoms with Gasteiger partial charge in [0.1, 0.15) is 0 Å². The molecule has 0 atom stereocenters. The van der Waals surface area contributed by atoms with Gasteiger partial charge in [-0.25, -0.2) is 0 Å². The van der Waals surface area contributed by atoms with Gasteiger partial charge in [0.15, 0.2) is 0 Å². The molecule has 2 nitrogen and oxygen atoms in total. The molecule has 1 fully saturated rings. The number of nitrogens with zero attached hydrogens (tertiary/aromatic N) is 2. The van der Waals surface area contributed by atoms with Gasteiger partial charge in [-0.1, -0.05) is 158 Å². The van der Waals surface area contributed by atoms with E-state index < -0.39 is 18.2 Å². The molecule has 8 rings (SSSR count). The summed E-state index contributed by atoms with van der Waals surface area (Å²) in [5.41, 5.74) is 14.0. The van der Waals surface area contributed by atoms with Crippen LogP contribution in [-0.4, -0.2) is 6.71 Å². The van der Waals surface area contributed by atoms with E-state index in [1.807, 2.05) is 6.92 Å². The lowest BCUT2D eigenvalue weighted by Gasteiger charge is -2.46. The van der Waals surface area contributed by atoms with Crippen LogP contribution in [0.4, 0.5) is 34.1 Å². The lowest BCUT2D eigenvalue weighted by Crippen LogP contribution is -2.62. The zero-order valence-corrected chi connectivity index (χ0v) is 36.3. The van der Waals surface area contributed by atoms with Crippen molar-refractivity contribution in [3.05, 3.63) is 125 Å². The molecule has 0 spiro atoms. The predicted octanol–water partition coefficient (Wildman–Crippen LogP) is 13.2. The van der Waals surface area contributed by atoms with E-state index in [-0.39, 0.29) is 28.4 Å². The zero-order chi connectivity index (χ0) is 43.7. The Kier molecular flexibility index (Phi) is 7.95. The van der Waals surface area contributed by atoms with E-state index in [0.717, 1.165) is 39.6 Å². The molecule has 3 aliphatic rings. The fraction of sp³-hybridized carbons (Fsp3) is 0.434. The van der Waals surface area contributed by atoms with Gasteiger partial charge in [0.25, 0.3) is 6.71 Å². The molecule has 56 heavy (non-hydrogen) atoms. The van der Waals surface area contributed by atoms with Crippen molar-refractivity contribution in [2.24, 2.45) is 0 Å². The van der Waals surface area contributed by atoms with Crippen LogP contribution in [0.5, 0.6) is 0 Å². The molecule has 0 amide bonds. The molecule has 3 heteroatoms. The summed E-state index contributed by atoms with van der Waals surface area (Å²) >= 11 is 0. The Bertz CT molecular complexity index is 2310. The van der Waals surface area contributed by atoms with Crippen molar-refractivity contribution in [2.75, 3.05) is 9.80 Å². The summed E-state index contributed by atoms with van der Waals surface area (Å²) < 4.78 is 38.3. The highest BCUT2D eigenvalue weighted by Crippen LogP contribution is 2.49. The van der Waals surface area contributed by atoms with Crippen LogP contribution >= 0.6 is 0 Å². The molecule has 0 radical (unpaired) electrons. The van der Waals surface area contributed by atoms with Crippen LogP contribution in [0.2, 0.25) is 0 Å². The van der Waals surface area contributed by atoms with Crippen LogP contribution in [-0.2, 0) is 27.1 Å². The second-order valence-corrected chi connectivity index (χ2v) is 21.0. The minimum atomic E-state index is -1.78. The molecule has 2 heterocycles. The Morgan fingerprint density at radius 2 is 0.821 bits per heavy atom. The summed E-state index contributed by atoms with van der Waals surface area (Å²) in [4.78, 5) is 4.79. The van der Waals surface area contributed by atoms with Crippen LogP contribution in [0.3, 0.4) is 0 Å². The van der Waals surface area contributed by atoms with Crippen molar-refractivity contribution < 1.29 is 5.48 Å². The van der Waals surface area contributed by atoms with E-state index in [0.29, 0.717) is 24.8 Å². The Hall–Kier alpha value is -4.24. The van der Waals surface area contributed by atoms with Crippen LogP contribution in [0, 0.1) is 0 Å². The summed E-state index contributed by atoms with van der Waals surface area (Å²) in [5.74, 6) is 0. The topological polar surface area (TPSA) is 6.48 Å². The van der Waals surface area contributed by atoms with E-state index in [9.17, 15) is 5.48 Å². The normalized spacial score (nSPS) is 19.6. The van der Waals surface area contributed by atoms with E-state index in [1.54, 1.807) is 0 Å². The fourth-order valence-electron chi connectivity index (χ4n) is 9.04. The smallest absolute Gasteiger partial charge is 0.252 e. The highest BCUT2D eigenvalue weighted by Gasteiger charge is 2.45. The molecular formula is C53H65BN2. The third kappa shape index (κ3) is 6.61. The first-order valence-electron chi connectivity index (χ1n) is 22.9. The second kappa shape index (κ2) is 13.2. The lowest BCUT2D eigenvalue weighted by molar-refractivity contribution is 0.320. The van der Waals surface area contributed by atoms with Crippen molar-refractivity contribution >= 4 is 57.2 Å². The number of benzene rings is 5. The van der Waals surface area contributed by atoms with E-state index in [1.165, 1.54) is 33.2 Å². The molecule has 0 unspecified atom stereocenters. The van der Waals surface area contributed by atoms with Gasteiger partial charge in [-0.05, 0) is 133 Å². The van der Waals surface area contributed by atoms with Gasteiger partial charge in [-0.3, -0.25) is 0 Å². The maximum absolute atomic E-state index is 9.59. The Morgan fingerprint density at radius 1 is 0.464 bits per heavy atom. The summed E-state index contributed by atoms with van der Waals surface area (Å²) in [7, 11) is 0. The first kappa shape index (κ1) is 33.9. The molecule has 5 aromatic rings. The third-order valence-corrected chi connectivity index (χ3v) is 12.7. The van der Waals surface area contributed by atoms with Crippen molar-refractivity contribution in [2.45, 2.75) is 149 Å². The molecule has 0 saturated heterocycles. The average Bonchev–Trinajstić information content (AvgIpc) is 3.14. The average molecular weight is 745 g/mol.